The topological polar surface area (TPSA) is 117 Å². The number of carbonyl (C=O) groups excluding carboxylic acids is 2. The zero-order chi connectivity index (χ0) is 29.3. The molecule has 0 bridgehead atoms. The molecule has 0 aromatic heterocycles. The monoisotopic (exact) mass is 562 g/mol. The van der Waals surface area contributed by atoms with E-state index in [0.717, 1.165) is 10.8 Å². The van der Waals surface area contributed by atoms with Gasteiger partial charge in [-0.1, -0.05) is 91.0 Å². The van der Waals surface area contributed by atoms with Crippen LogP contribution in [0.25, 0.3) is 21.5 Å². The van der Waals surface area contributed by atoms with Crippen LogP contribution >= 0.6 is 0 Å². The second-order valence-electron chi connectivity index (χ2n) is 9.62. The molecule has 5 aromatic rings. The van der Waals surface area contributed by atoms with Crippen molar-refractivity contribution in [3.63, 3.8) is 0 Å². The number of nitrogens with one attached hydrogen (secondary N) is 2. The van der Waals surface area contributed by atoms with E-state index >= 15 is 0 Å². The molecule has 2 atom stereocenters. The van der Waals surface area contributed by atoms with Gasteiger partial charge in [-0.15, -0.1) is 0 Å². The molecule has 0 saturated heterocycles. The number of carbonyl (C=O) groups is 2. The molecule has 0 spiro atoms. The summed E-state index contributed by atoms with van der Waals surface area (Å²) in [4.78, 5) is 25.0. The number of hydrogen-bond acceptors (Lipinski definition) is 6. The van der Waals surface area contributed by atoms with Gasteiger partial charge in [-0.25, -0.2) is 10.3 Å². The Morgan fingerprint density at radius 3 is 2.26 bits per heavy atom. The number of hydrogen-bond donors (Lipinski definition) is 4. The van der Waals surface area contributed by atoms with E-state index in [1.165, 1.54) is 6.08 Å². The molecule has 42 heavy (non-hydrogen) atoms. The van der Waals surface area contributed by atoms with Crippen molar-refractivity contribution in [2.45, 2.75) is 25.0 Å². The summed E-state index contributed by atoms with van der Waals surface area (Å²) in [6, 6.07) is 33.2. The Morgan fingerprint density at radius 1 is 0.786 bits per heavy atom. The Labute approximate surface area is 242 Å². The third-order valence-electron chi connectivity index (χ3n) is 6.87. The Morgan fingerprint density at radius 2 is 1.48 bits per heavy atom. The van der Waals surface area contributed by atoms with Gasteiger partial charge in [-0.2, -0.15) is 0 Å². The molecule has 0 fully saturated rings. The smallest absolute Gasteiger partial charge is 0.412 e. The summed E-state index contributed by atoms with van der Waals surface area (Å²) >= 11 is 0. The van der Waals surface area contributed by atoms with Gasteiger partial charge >= 0.3 is 6.09 Å². The molecule has 0 unspecified atom stereocenters. The second-order valence-corrected chi connectivity index (χ2v) is 9.62. The van der Waals surface area contributed by atoms with Crippen molar-refractivity contribution in [1.29, 1.82) is 0 Å². The van der Waals surface area contributed by atoms with Crippen LogP contribution in [-0.4, -0.2) is 28.4 Å². The molecule has 0 saturated carbocycles. The van der Waals surface area contributed by atoms with E-state index in [-0.39, 0.29) is 5.75 Å². The lowest BCUT2D eigenvalue weighted by molar-refractivity contribution is -0.124. The Bertz CT molecular complexity index is 1710. The maximum atomic E-state index is 13.5. The molecule has 0 heterocycles. The van der Waals surface area contributed by atoms with E-state index < -0.39 is 24.2 Å². The van der Waals surface area contributed by atoms with Gasteiger partial charge < -0.3 is 14.6 Å². The van der Waals surface area contributed by atoms with Crippen LogP contribution < -0.4 is 15.5 Å². The summed E-state index contributed by atoms with van der Waals surface area (Å²) < 4.78 is 12.6. The maximum absolute atomic E-state index is 13.5. The number of para-hydroxylation sites is 1. The molecule has 0 aliphatic heterocycles. The van der Waals surface area contributed by atoms with Crippen LogP contribution in [0, 0.1) is 0 Å². The molecule has 4 N–H and O–H groups in total. The first-order valence-corrected chi connectivity index (χ1v) is 13.5. The van der Waals surface area contributed by atoms with Crippen LogP contribution in [-0.2, 0) is 9.53 Å². The number of benzene rings is 5. The highest BCUT2D eigenvalue weighted by Crippen LogP contribution is 2.37. The van der Waals surface area contributed by atoms with Crippen LogP contribution in [0.15, 0.2) is 121 Å². The number of phenols is 1. The third kappa shape index (κ3) is 6.68. The molecule has 0 aliphatic rings. The van der Waals surface area contributed by atoms with Gasteiger partial charge in [0, 0.05) is 22.4 Å². The number of amides is 2. The van der Waals surface area contributed by atoms with Crippen molar-refractivity contribution in [1.82, 2.24) is 5.48 Å². The average Bonchev–Trinajstić information content (AvgIpc) is 3.02. The standard InChI is InChI=1S/C34H30N2O6/c37-30-22-21-28(26-16-6-7-17-27(26)30)33(42-34(39)35-29-18-10-12-23-11-4-5-15-25(23)29)31(19-8-9-20-32(38)36-40)41-24-13-2-1-3-14-24/h1-7,9-18,20-22,31,33,37,40H,8,19H2,(H,35,39)(H,36,38)/b20-9+/t31-,33-/m1/s1. The molecule has 8 heteroatoms. The lowest BCUT2D eigenvalue weighted by Crippen LogP contribution is -2.31. The van der Waals surface area contributed by atoms with Gasteiger partial charge in [0.15, 0.2) is 6.10 Å². The van der Waals surface area contributed by atoms with E-state index in [4.69, 9.17) is 14.7 Å². The highest BCUT2D eigenvalue weighted by Gasteiger charge is 2.31. The highest BCUT2D eigenvalue weighted by atomic mass is 16.6. The molecular formula is C34H30N2O6. The normalized spacial score (nSPS) is 12.6. The van der Waals surface area contributed by atoms with E-state index in [9.17, 15) is 14.7 Å². The third-order valence-corrected chi connectivity index (χ3v) is 6.87. The highest BCUT2D eigenvalue weighted by molar-refractivity contribution is 6.00. The summed E-state index contributed by atoms with van der Waals surface area (Å²) in [5, 5.41) is 25.4. The predicted octanol–water partition coefficient (Wildman–Crippen LogP) is 7.28. The Hall–Kier alpha value is -5.34. The molecule has 5 rings (SSSR count). The summed E-state index contributed by atoms with van der Waals surface area (Å²) in [6.07, 6.45) is 1.28. The van der Waals surface area contributed by atoms with Crippen molar-refractivity contribution in [3.05, 3.63) is 127 Å². The van der Waals surface area contributed by atoms with Gasteiger partial charge in [0.2, 0.25) is 0 Å². The summed E-state index contributed by atoms with van der Waals surface area (Å²) in [6.45, 7) is 0. The van der Waals surface area contributed by atoms with Gasteiger partial charge in [0.1, 0.15) is 17.6 Å². The molecule has 5 aromatic carbocycles. The molecule has 8 nitrogen and oxygen atoms in total. The van der Waals surface area contributed by atoms with Crippen LogP contribution in [0.5, 0.6) is 11.5 Å². The Balaban J connectivity index is 1.53. The summed E-state index contributed by atoms with van der Waals surface area (Å²) in [5.41, 5.74) is 2.82. The number of hydroxylamine groups is 1. The number of fused-ring (bicyclic) bond motifs is 2. The lowest BCUT2D eigenvalue weighted by atomic mass is 9.94. The zero-order valence-corrected chi connectivity index (χ0v) is 22.6. The number of phenolic OH excluding ortho intramolecular Hbond substituents is 1. The molecular weight excluding hydrogens is 532 g/mol. The number of anilines is 1. The zero-order valence-electron chi connectivity index (χ0n) is 22.6. The van der Waals surface area contributed by atoms with E-state index in [1.807, 2.05) is 91.0 Å². The summed E-state index contributed by atoms with van der Waals surface area (Å²) in [5.74, 6) is 0.0276. The van der Waals surface area contributed by atoms with Crippen molar-refractivity contribution < 1.29 is 29.4 Å². The first-order chi connectivity index (χ1) is 20.5. The van der Waals surface area contributed by atoms with Crippen molar-refractivity contribution in [3.8, 4) is 11.5 Å². The number of ether oxygens (including phenoxy) is 2. The minimum Gasteiger partial charge on any atom is -0.507 e. The van der Waals surface area contributed by atoms with Crippen molar-refractivity contribution >= 4 is 39.2 Å². The number of aromatic hydroxyl groups is 1. The van der Waals surface area contributed by atoms with E-state index in [2.05, 4.69) is 5.32 Å². The maximum Gasteiger partial charge on any atom is 0.412 e. The molecule has 0 aliphatic carbocycles. The quantitative estimate of drug-likeness (QED) is 0.0808. The fourth-order valence-corrected chi connectivity index (χ4v) is 4.92. The van der Waals surface area contributed by atoms with Crippen LogP contribution in [0.2, 0.25) is 0 Å². The first-order valence-electron chi connectivity index (χ1n) is 13.5. The number of allylic oxidation sites excluding steroid dienone is 1. The van der Waals surface area contributed by atoms with Crippen molar-refractivity contribution in [2.75, 3.05) is 5.32 Å². The van der Waals surface area contributed by atoms with E-state index in [1.54, 1.807) is 29.8 Å². The van der Waals surface area contributed by atoms with Gasteiger partial charge in [0.25, 0.3) is 5.91 Å². The van der Waals surface area contributed by atoms with Crippen LogP contribution in [0.4, 0.5) is 10.5 Å². The van der Waals surface area contributed by atoms with Crippen LogP contribution in [0.3, 0.4) is 0 Å². The average molecular weight is 563 g/mol. The predicted molar refractivity (Wildman–Crippen MR) is 162 cm³/mol. The molecule has 2 amide bonds. The van der Waals surface area contributed by atoms with Crippen LogP contribution in [0.1, 0.15) is 24.5 Å². The van der Waals surface area contributed by atoms with E-state index in [0.29, 0.717) is 40.6 Å². The minimum absolute atomic E-state index is 0.104. The Kier molecular flexibility index (Phi) is 8.96. The lowest BCUT2D eigenvalue weighted by Gasteiger charge is -2.29. The number of rotatable bonds is 10. The SMILES string of the molecule is O=C(/C=C/CC[C@@H](Oc1ccccc1)[C@H](OC(=O)Nc1cccc2ccccc12)c1ccc(O)c2ccccc12)NO. The largest absolute Gasteiger partial charge is 0.507 e. The fourth-order valence-electron chi connectivity index (χ4n) is 4.92. The first kappa shape index (κ1) is 28.2. The van der Waals surface area contributed by atoms with Gasteiger partial charge in [-0.3, -0.25) is 15.3 Å². The molecule has 212 valence electrons. The second kappa shape index (κ2) is 13.3. The minimum atomic E-state index is -0.911. The van der Waals surface area contributed by atoms with Crippen molar-refractivity contribution in [2.24, 2.45) is 0 Å². The molecule has 0 radical (unpaired) electrons. The van der Waals surface area contributed by atoms with Gasteiger partial charge in [-0.05, 0) is 47.9 Å². The fraction of sp³-hybridized carbons (Fsp3) is 0.118. The van der Waals surface area contributed by atoms with Gasteiger partial charge in [0.05, 0.1) is 5.69 Å². The summed E-state index contributed by atoms with van der Waals surface area (Å²) in [7, 11) is 0.